The molecule has 4 rings (SSSR count). The summed E-state index contributed by atoms with van der Waals surface area (Å²) >= 11 is -2.05. The second kappa shape index (κ2) is 8.88. The Morgan fingerprint density at radius 2 is 2.06 bits per heavy atom. The highest BCUT2D eigenvalue weighted by Crippen LogP contribution is 2.35. The maximum Gasteiger partial charge on any atom is 0.274 e. The smallest absolute Gasteiger partial charge is 0.274 e. The van der Waals surface area contributed by atoms with E-state index < -0.39 is 11.3 Å². The van der Waals surface area contributed by atoms with E-state index in [-0.39, 0.29) is 5.56 Å². The molecule has 1 aromatic carbocycles. The minimum atomic E-state index is -2.05. The summed E-state index contributed by atoms with van der Waals surface area (Å²) in [4.78, 5) is 15.5. The van der Waals surface area contributed by atoms with Gasteiger partial charge in [-0.2, -0.15) is 5.10 Å². The standard InChI is InChI=1S/C21H23N5O4S/c1-25-12-18(16-7-8-22-20(16)21(25)27)17-11-14(5-10-24-31(28)29)3-4-19(17)30-13-15-6-9-23-26(15)2/h3-4,6-9,11-12,22,24H,5,10,13H2,1-2H3,(H,28,29). The summed E-state index contributed by atoms with van der Waals surface area (Å²) in [5.41, 5.74) is 4.02. The first kappa shape index (κ1) is 21.0. The molecule has 0 radical (unpaired) electrons. The number of ether oxygens (including phenoxy) is 1. The van der Waals surface area contributed by atoms with E-state index in [4.69, 9.17) is 9.29 Å². The second-order valence-electron chi connectivity index (χ2n) is 7.18. The zero-order valence-electron chi connectivity index (χ0n) is 17.2. The zero-order chi connectivity index (χ0) is 22.0. The lowest BCUT2D eigenvalue weighted by molar-refractivity contribution is 0.296. The normalized spacial score (nSPS) is 12.4. The van der Waals surface area contributed by atoms with Gasteiger partial charge in [0.05, 0.1) is 5.69 Å². The number of hydrogen-bond donors (Lipinski definition) is 3. The molecule has 9 nitrogen and oxygen atoms in total. The second-order valence-corrected chi connectivity index (χ2v) is 7.97. The molecule has 0 saturated heterocycles. The Morgan fingerprint density at radius 3 is 2.81 bits per heavy atom. The van der Waals surface area contributed by atoms with Crippen LogP contribution >= 0.6 is 0 Å². The van der Waals surface area contributed by atoms with Gasteiger partial charge in [0.15, 0.2) is 0 Å². The van der Waals surface area contributed by atoms with Crippen molar-refractivity contribution in [1.29, 1.82) is 0 Å². The number of aromatic nitrogens is 4. The van der Waals surface area contributed by atoms with Crippen molar-refractivity contribution in [2.24, 2.45) is 14.1 Å². The van der Waals surface area contributed by atoms with Gasteiger partial charge in [0, 0.05) is 55.7 Å². The lowest BCUT2D eigenvalue weighted by atomic mass is 9.99. The number of nitrogens with zero attached hydrogens (tertiary/aromatic N) is 3. The molecule has 0 aliphatic heterocycles. The van der Waals surface area contributed by atoms with Gasteiger partial charge >= 0.3 is 0 Å². The fraction of sp³-hybridized carbons (Fsp3) is 0.238. The highest BCUT2D eigenvalue weighted by molar-refractivity contribution is 7.77. The number of rotatable bonds is 8. The molecule has 0 saturated carbocycles. The molecule has 0 fully saturated rings. The van der Waals surface area contributed by atoms with Crippen molar-refractivity contribution in [1.82, 2.24) is 24.1 Å². The van der Waals surface area contributed by atoms with E-state index in [1.165, 1.54) is 0 Å². The average molecular weight is 442 g/mol. The molecule has 0 aliphatic carbocycles. The van der Waals surface area contributed by atoms with E-state index in [1.807, 2.05) is 37.4 Å². The quantitative estimate of drug-likeness (QED) is 0.363. The number of benzene rings is 1. The van der Waals surface area contributed by atoms with E-state index in [1.54, 1.807) is 34.9 Å². The first-order valence-electron chi connectivity index (χ1n) is 9.68. The van der Waals surface area contributed by atoms with E-state index in [0.29, 0.717) is 30.8 Å². The molecule has 3 heterocycles. The van der Waals surface area contributed by atoms with E-state index >= 15 is 0 Å². The topological polar surface area (TPSA) is 114 Å². The summed E-state index contributed by atoms with van der Waals surface area (Å²) in [6.07, 6.45) is 5.83. The SMILES string of the molecule is Cn1nccc1COc1ccc(CCNS(=O)O)cc1-c1cn(C)c(=O)c2[nH]ccc12. The molecular weight excluding hydrogens is 418 g/mol. The van der Waals surface area contributed by atoms with Gasteiger partial charge in [0.2, 0.25) is 11.3 Å². The van der Waals surface area contributed by atoms with Gasteiger partial charge < -0.3 is 14.3 Å². The number of aryl methyl sites for hydroxylation is 2. The molecule has 4 aromatic rings. The summed E-state index contributed by atoms with van der Waals surface area (Å²) < 4.78 is 31.8. The van der Waals surface area contributed by atoms with Crippen LogP contribution in [0, 0.1) is 0 Å². The van der Waals surface area contributed by atoms with Crippen molar-refractivity contribution < 1.29 is 13.5 Å². The van der Waals surface area contributed by atoms with Crippen LogP contribution in [0.5, 0.6) is 5.75 Å². The van der Waals surface area contributed by atoms with E-state index in [9.17, 15) is 9.00 Å². The maximum atomic E-state index is 12.5. The van der Waals surface area contributed by atoms with Gasteiger partial charge in [0.1, 0.15) is 17.9 Å². The molecule has 1 atom stereocenters. The largest absolute Gasteiger partial charge is 0.487 e. The van der Waals surface area contributed by atoms with Crippen molar-refractivity contribution in [3.8, 4) is 16.9 Å². The molecule has 31 heavy (non-hydrogen) atoms. The first-order chi connectivity index (χ1) is 14.9. The summed E-state index contributed by atoms with van der Waals surface area (Å²) in [6.45, 7) is 0.695. The third-order valence-corrected chi connectivity index (χ3v) is 5.62. The van der Waals surface area contributed by atoms with Crippen molar-refractivity contribution in [2.75, 3.05) is 6.54 Å². The average Bonchev–Trinajstić information content (AvgIpc) is 3.39. The Hall–Kier alpha value is -3.21. The van der Waals surface area contributed by atoms with Crippen LogP contribution in [0.15, 0.2) is 53.7 Å². The molecule has 3 aromatic heterocycles. The number of aromatic amines is 1. The van der Waals surface area contributed by atoms with Gasteiger partial charge in [0.25, 0.3) is 5.56 Å². The Labute approximate surface area is 181 Å². The molecule has 0 amide bonds. The Morgan fingerprint density at radius 1 is 1.23 bits per heavy atom. The van der Waals surface area contributed by atoms with Gasteiger partial charge in [-0.3, -0.25) is 14.0 Å². The van der Waals surface area contributed by atoms with Crippen LogP contribution in [0.4, 0.5) is 0 Å². The molecule has 1 unspecified atom stereocenters. The molecule has 0 spiro atoms. The van der Waals surface area contributed by atoms with Crippen LogP contribution in [0.3, 0.4) is 0 Å². The highest BCUT2D eigenvalue weighted by atomic mass is 32.2. The zero-order valence-corrected chi connectivity index (χ0v) is 18.0. The molecule has 0 bridgehead atoms. The monoisotopic (exact) mass is 441 g/mol. The van der Waals surface area contributed by atoms with Crippen LogP contribution in [-0.4, -0.2) is 34.6 Å². The lowest BCUT2D eigenvalue weighted by Gasteiger charge is -2.15. The minimum Gasteiger partial charge on any atom is -0.487 e. The summed E-state index contributed by atoms with van der Waals surface area (Å²) in [5.74, 6) is 0.671. The van der Waals surface area contributed by atoms with Crippen molar-refractivity contribution >= 4 is 22.2 Å². The molecule has 0 aliphatic rings. The summed E-state index contributed by atoms with van der Waals surface area (Å²) in [5, 5.41) is 4.97. The number of hydrogen-bond acceptors (Lipinski definition) is 4. The highest BCUT2D eigenvalue weighted by Gasteiger charge is 2.15. The minimum absolute atomic E-state index is 0.105. The molecule has 162 valence electrons. The Balaban J connectivity index is 1.76. The van der Waals surface area contributed by atoms with Crippen LogP contribution in [0.2, 0.25) is 0 Å². The van der Waals surface area contributed by atoms with Gasteiger partial charge in [-0.25, -0.2) is 8.93 Å². The predicted molar refractivity (Wildman–Crippen MR) is 119 cm³/mol. The fourth-order valence-corrected chi connectivity index (χ4v) is 3.81. The number of fused-ring (bicyclic) bond motifs is 1. The van der Waals surface area contributed by atoms with Crippen LogP contribution in [0.25, 0.3) is 22.0 Å². The fourth-order valence-electron chi connectivity index (χ4n) is 3.53. The first-order valence-corrected chi connectivity index (χ1v) is 10.8. The summed E-state index contributed by atoms with van der Waals surface area (Å²) in [6, 6.07) is 9.58. The van der Waals surface area contributed by atoms with Crippen LogP contribution in [-0.2, 0) is 38.4 Å². The summed E-state index contributed by atoms with van der Waals surface area (Å²) in [7, 11) is 3.57. The number of pyridine rings is 1. The number of H-pyrrole nitrogens is 1. The molecule has 10 heteroatoms. The lowest BCUT2D eigenvalue weighted by Crippen LogP contribution is -2.19. The molecule has 3 N–H and O–H groups in total. The van der Waals surface area contributed by atoms with Crippen molar-refractivity contribution in [2.45, 2.75) is 13.0 Å². The number of nitrogens with one attached hydrogen (secondary N) is 2. The van der Waals surface area contributed by atoms with E-state index in [0.717, 1.165) is 27.8 Å². The van der Waals surface area contributed by atoms with Crippen LogP contribution < -0.4 is 15.0 Å². The van der Waals surface area contributed by atoms with Gasteiger partial charge in [-0.1, -0.05) is 6.07 Å². The Bertz CT molecular complexity index is 1310. The van der Waals surface area contributed by atoms with Crippen LogP contribution in [0.1, 0.15) is 11.3 Å². The van der Waals surface area contributed by atoms with Gasteiger partial charge in [-0.05, 0) is 36.2 Å². The third-order valence-electron chi connectivity index (χ3n) is 5.17. The van der Waals surface area contributed by atoms with E-state index in [2.05, 4.69) is 14.8 Å². The maximum absolute atomic E-state index is 12.5. The van der Waals surface area contributed by atoms with Gasteiger partial charge in [-0.15, -0.1) is 0 Å². The third kappa shape index (κ3) is 4.46. The Kier molecular flexibility index (Phi) is 6.03. The molecular formula is C21H23N5O4S. The van der Waals surface area contributed by atoms with Crippen molar-refractivity contribution in [3.05, 3.63) is 70.5 Å². The van der Waals surface area contributed by atoms with Crippen molar-refractivity contribution in [3.63, 3.8) is 0 Å². The predicted octanol–water partition coefficient (Wildman–Crippen LogP) is 2.11.